The first-order valence-electron chi connectivity index (χ1n) is 12.9. The first-order chi connectivity index (χ1) is 17.7. The van der Waals surface area contributed by atoms with E-state index in [4.69, 9.17) is 20.8 Å². The third-order valence-electron chi connectivity index (χ3n) is 8.04. The number of halogens is 2. The van der Waals surface area contributed by atoms with Gasteiger partial charge in [0, 0.05) is 48.0 Å². The summed E-state index contributed by atoms with van der Waals surface area (Å²) in [7, 11) is 0. The molecule has 196 valence electrons. The van der Waals surface area contributed by atoms with Gasteiger partial charge in [0.2, 0.25) is 5.91 Å². The van der Waals surface area contributed by atoms with E-state index in [1.807, 2.05) is 17.9 Å². The van der Waals surface area contributed by atoms with Gasteiger partial charge in [0.25, 0.3) is 0 Å². The average Bonchev–Trinajstić information content (AvgIpc) is 2.87. The highest BCUT2D eigenvalue weighted by atomic mass is 35.5. The number of aliphatic hydroxyl groups is 1. The number of carbonyl (C=O) groups excluding carboxylic acids is 1. The maximum Gasteiger partial charge on any atom is 0.339 e. The van der Waals surface area contributed by atoms with E-state index in [2.05, 4.69) is 0 Å². The number of benzene rings is 2. The number of amides is 1. The molecule has 0 bridgehead atoms. The molecule has 0 unspecified atom stereocenters. The standard InChI is InChI=1S/C29H31ClFNO5/c1-18-23-8-7-22(36-17-19-5-6-21(31)14-25(19)30)15-26(23)37-28(34)24(18)9-10-27(33)32-13-12-29(35)11-3-2-4-20(29)16-32/h5-8,14-15,20,35H,2-4,9-13,16-17H2,1H3/t20-,29-/m1/s1. The molecular weight excluding hydrogens is 497 g/mol. The molecule has 2 heterocycles. The Kier molecular flexibility index (Phi) is 7.28. The van der Waals surface area contributed by atoms with Crippen molar-refractivity contribution >= 4 is 28.5 Å². The summed E-state index contributed by atoms with van der Waals surface area (Å²) in [5.74, 6) is 0.226. The lowest BCUT2D eigenvalue weighted by Crippen LogP contribution is -2.54. The second-order valence-corrected chi connectivity index (χ2v) is 10.7. The zero-order valence-electron chi connectivity index (χ0n) is 20.9. The molecule has 2 atom stereocenters. The van der Waals surface area contributed by atoms with Gasteiger partial charge < -0.3 is 19.2 Å². The van der Waals surface area contributed by atoms with Crippen LogP contribution in [0.2, 0.25) is 5.02 Å². The fourth-order valence-electron chi connectivity index (χ4n) is 5.74. The van der Waals surface area contributed by atoms with Gasteiger partial charge in [-0.3, -0.25) is 4.79 Å². The van der Waals surface area contributed by atoms with Gasteiger partial charge in [-0.1, -0.05) is 30.5 Å². The molecule has 3 aromatic rings. The molecule has 2 aliphatic rings. The minimum Gasteiger partial charge on any atom is -0.489 e. The summed E-state index contributed by atoms with van der Waals surface area (Å²) >= 11 is 6.07. The topological polar surface area (TPSA) is 80.0 Å². The van der Waals surface area contributed by atoms with E-state index in [-0.39, 0.29) is 29.9 Å². The van der Waals surface area contributed by atoms with E-state index < -0.39 is 17.0 Å². The van der Waals surface area contributed by atoms with E-state index in [0.29, 0.717) is 48.4 Å². The zero-order valence-corrected chi connectivity index (χ0v) is 21.7. The molecule has 37 heavy (non-hydrogen) atoms. The number of ether oxygens (including phenoxy) is 1. The summed E-state index contributed by atoms with van der Waals surface area (Å²) in [5.41, 5.74) is 1.23. The highest BCUT2D eigenvalue weighted by Crippen LogP contribution is 2.40. The van der Waals surface area contributed by atoms with Crippen LogP contribution in [0.4, 0.5) is 4.39 Å². The van der Waals surface area contributed by atoms with Crippen molar-refractivity contribution in [2.24, 2.45) is 5.92 Å². The largest absolute Gasteiger partial charge is 0.489 e. The number of hydrogen-bond donors (Lipinski definition) is 1. The van der Waals surface area contributed by atoms with E-state index in [9.17, 15) is 19.1 Å². The van der Waals surface area contributed by atoms with Crippen molar-refractivity contribution in [1.29, 1.82) is 0 Å². The van der Waals surface area contributed by atoms with E-state index in [0.717, 1.165) is 36.6 Å². The molecule has 0 spiro atoms. The van der Waals surface area contributed by atoms with Crippen LogP contribution in [0.3, 0.4) is 0 Å². The molecule has 2 fully saturated rings. The molecule has 6 nitrogen and oxygen atoms in total. The van der Waals surface area contributed by atoms with Crippen LogP contribution in [0.25, 0.3) is 11.0 Å². The number of nitrogens with zero attached hydrogens (tertiary/aromatic N) is 1. The number of rotatable bonds is 6. The molecule has 1 aliphatic carbocycles. The van der Waals surface area contributed by atoms with E-state index >= 15 is 0 Å². The fraction of sp³-hybridized carbons (Fsp3) is 0.448. The molecule has 1 N–H and O–H groups in total. The van der Waals surface area contributed by atoms with Crippen LogP contribution in [0.15, 0.2) is 45.6 Å². The molecule has 1 saturated heterocycles. The number of likely N-dealkylation sites (tertiary alicyclic amines) is 1. The maximum absolute atomic E-state index is 13.3. The number of piperidine rings is 1. The number of hydrogen-bond acceptors (Lipinski definition) is 5. The smallest absolute Gasteiger partial charge is 0.339 e. The number of carbonyl (C=O) groups is 1. The SMILES string of the molecule is Cc1c(CCC(=O)N2CC[C@]3(O)CCCC[C@@H]3C2)c(=O)oc2cc(OCc3ccc(F)cc3Cl)ccc12. The Bertz CT molecular complexity index is 1390. The van der Waals surface area contributed by atoms with Gasteiger partial charge in [0.15, 0.2) is 0 Å². The van der Waals surface area contributed by atoms with Gasteiger partial charge in [0.05, 0.1) is 10.6 Å². The van der Waals surface area contributed by atoms with Crippen LogP contribution >= 0.6 is 11.6 Å². The molecular formula is C29H31ClFNO5. The van der Waals surface area contributed by atoms with Gasteiger partial charge >= 0.3 is 5.63 Å². The summed E-state index contributed by atoms with van der Waals surface area (Å²) in [6, 6.07) is 9.37. The Hall–Kier alpha value is -2.90. The Morgan fingerprint density at radius 2 is 2.08 bits per heavy atom. The summed E-state index contributed by atoms with van der Waals surface area (Å²) < 4.78 is 24.6. The highest BCUT2D eigenvalue weighted by Gasteiger charge is 2.43. The zero-order chi connectivity index (χ0) is 26.2. The highest BCUT2D eigenvalue weighted by molar-refractivity contribution is 6.31. The summed E-state index contributed by atoms with van der Waals surface area (Å²) in [4.78, 5) is 27.6. The van der Waals surface area contributed by atoms with Crippen molar-refractivity contribution < 1.29 is 23.4 Å². The quantitative estimate of drug-likeness (QED) is 0.425. The Labute approximate surface area is 220 Å². The summed E-state index contributed by atoms with van der Waals surface area (Å²) in [6.07, 6.45) is 5.07. The van der Waals surface area contributed by atoms with Crippen LogP contribution in [0.1, 0.15) is 55.2 Å². The molecule has 1 aromatic heterocycles. The third kappa shape index (κ3) is 5.39. The Balaban J connectivity index is 1.25. The van der Waals surface area contributed by atoms with Crippen LogP contribution in [-0.4, -0.2) is 34.6 Å². The van der Waals surface area contributed by atoms with Gasteiger partial charge in [-0.25, -0.2) is 9.18 Å². The monoisotopic (exact) mass is 527 g/mol. The minimum absolute atomic E-state index is 0.00900. The number of fused-ring (bicyclic) bond motifs is 2. The molecule has 1 aliphatic heterocycles. The second-order valence-electron chi connectivity index (χ2n) is 10.3. The van der Waals surface area contributed by atoms with Crippen molar-refractivity contribution in [3.8, 4) is 5.75 Å². The lowest BCUT2D eigenvalue weighted by atomic mass is 9.71. The van der Waals surface area contributed by atoms with Crippen LogP contribution < -0.4 is 10.4 Å². The molecule has 1 saturated carbocycles. The summed E-state index contributed by atoms with van der Waals surface area (Å²) in [6.45, 7) is 3.15. The predicted molar refractivity (Wildman–Crippen MR) is 139 cm³/mol. The third-order valence-corrected chi connectivity index (χ3v) is 8.39. The lowest BCUT2D eigenvalue weighted by molar-refractivity contribution is -0.143. The van der Waals surface area contributed by atoms with Crippen molar-refractivity contribution in [3.63, 3.8) is 0 Å². The molecule has 1 amide bonds. The Morgan fingerprint density at radius 3 is 2.89 bits per heavy atom. The van der Waals surface area contributed by atoms with Crippen LogP contribution in [0.5, 0.6) is 5.75 Å². The van der Waals surface area contributed by atoms with Gasteiger partial charge in [-0.05, 0) is 62.4 Å². The van der Waals surface area contributed by atoms with Crippen molar-refractivity contribution in [2.75, 3.05) is 13.1 Å². The van der Waals surface area contributed by atoms with Crippen LogP contribution in [0, 0.1) is 18.7 Å². The minimum atomic E-state index is -0.626. The van der Waals surface area contributed by atoms with Crippen molar-refractivity contribution in [3.05, 3.63) is 74.3 Å². The van der Waals surface area contributed by atoms with Crippen molar-refractivity contribution in [1.82, 2.24) is 4.90 Å². The van der Waals surface area contributed by atoms with Gasteiger partial charge in [0.1, 0.15) is 23.8 Å². The first kappa shape index (κ1) is 25.7. The Morgan fingerprint density at radius 1 is 1.24 bits per heavy atom. The van der Waals surface area contributed by atoms with E-state index in [1.54, 1.807) is 18.2 Å². The molecule has 0 radical (unpaired) electrons. The van der Waals surface area contributed by atoms with Crippen molar-refractivity contribution in [2.45, 2.75) is 64.1 Å². The van der Waals surface area contributed by atoms with Gasteiger partial charge in [-0.15, -0.1) is 0 Å². The molecule has 8 heteroatoms. The number of aryl methyl sites for hydroxylation is 1. The summed E-state index contributed by atoms with van der Waals surface area (Å²) in [5, 5.41) is 11.9. The second kappa shape index (κ2) is 10.5. The fourth-order valence-corrected chi connectivity index (χ4v) is 5.96. The van der Waals surface area contributed by atoms with Crippen LogP contribution in [-0.2, 0) is 17.8 Å². The lowest BCUT2D eigenvalue weighted by Gasteiger charge is -2.47. The molecule has 5 rings (SSSR count). The van der Waals surface area contributed by atoms with E-state index in [1.165, 1.54) is 12.1 Å². The first-order valence-corrected chi connectivity index (χ1v) is 13.2. The predicted octanol–water partition coefficient (Wildman–Crippen LogP) is 5.56. The van der Waals surface area contributed by atoms with Gasteiger partial charge in [-0.2, -0.15) is 0 Å². The maximum atomic E-state index is 13.3. The average molecular weight is 528 g/mol. The normalized spacial score (nSPS) is 21.6. The molecule has 2 aromatic carbocycles.